The van der Waals surface area contributed by atoms with Gasteiger partial charge in [-0.25, -0.2) is 0 Å². The quantitative estimate of drug-likeness (QED) is 0.847. The second-order valence-corrected chi connectivity index (χ2v) is 4.61. The van der Waals surface area contributed by atoms with Crippen LogP contribution in [0.2, 0.25) is 0 Å². The van der Waals surface area contributed by atoms with Crippen LogP contribution >= 0.6 is 0 Å². The Hall–Kier alpha value is -1.83. The van der Waals surface area contributed by atoms with Gasteiger partial charge in [0.1, 0.15) is 0 Å². The average molecular weight is 240 g/mol. The van der Waals surface area contributed by atoms with Crippen LogP contribution in [0.3, 0.4) is 0 Å². The van der Waals surface area contributed by atoms with Gasteiger partial charge in [-0.1, -0.05) is 32.0 Å². The number of anilines is 1. The largest absolute Gasteiger partial charge is 0.379 e. The van der Waals surface area contributed by atoms with E-state index in [1.807, 2.05) is 24.4 Å². The minimum Gasteiger partial charge on any atom is -0.379 e. The van der Waals surface area contributed by atoms with E-state index in [0.29, 0.717) is 5.92 Å². The number of hydrogen-bond donors (Lipinski definition) is 1. The zero-order chi connectivity index (χ0) is 12.8. The van der Waals surface area contributed by atoms with Crippen molar-refractivity contribution >= 4 is 5.69 Å². The number of aromatic nitrogens is 1. The third-order valence-corrected chi connectivity index (χ3v) is 3.29. The topological polar surface area (TPSA) is 24.9 Å². The van der Waals surface area contributed by atoms with Crippen molar-refractivity contribution in [1.82, 2.24) is 4.98 Å². The summed E-state index contributed by atoms with van der Waals surface area (Å²) in [4.78, 5) is 4.29. The summed E-state index contributed by atoms with van der Waals surface area (Å²) >= 11 is 0. The SMILES string of the molecule is CCC(C)c1ccc(NCc2ccccn2)cc1. The highest BCUT2D eigenvalue weighted by Gasteiger charge is 2.02. The van der Waals surface area contributed by atoms with Crippen molar-refractivity contribution in [2.75, 3.05) is 5.32 Å². The number of nitrogens with zero attached hydrogens (tertiary/aromatic N) is 1. The molecule has 0 amide bonds. The van der Waals surface area contributed by atoms with E-state index in [2.05, 4.69) is 48.4 Å². The number of benzene rings is 1. The molecule has 0 aliphatic heterocycles. The minimum absolute atomic E-state index is 0.634. The molecule has 2 heteroatoms. The Morgan fingerprint density at radius 1 is 1.11 bits per heavy atom. The van der Waals surface area contributed by atoms with Crippen LogP contribution in [0, 0.1) is 0 Å². The molecule has 0 spiro atoms. The standard InChI is InChI=1S/C16H20N2/c1-3-13(2)14-7-9-15(10-8-14)18-12-16-6-4-5-11-17-16/h4-11,13,18H,3,12H2,1-2H3. The summed E-state index contributed by atoms with van der Waals surface area (Å²) in [7, 11) is 0. The van der Waals surface area contributed by atoms with Crippen molar-refractivity contribution < 1.29 is 0 Å². The van der Waals surface area contributed by atoms with E-state index in [1.54, 1.807) is 0 Å². The van der Waals surface area contributed by atoms with E-state index in [4.69, 9.17) is 0 Å². The summed E-state index contributed by atoms with van der Waals surface area (Å²) in [6.45, 7) is 5.25. The fraction of sp³-hybridized carbons (Fsp3) is 0.312. The zero-order valence-electron chi connectivity index (χ0n) is 11.1. The molecule has 2 aromatic rings. The maximum atomic E-state index is 4.29. The molecule has 1 aromatic carbocycles. The van der Waals surface area contributed by atoms with Crippen LogP contribution in [-0.4, -0.2) is 4.98 Å². The van der Waals surface area contributed by atoms with Gasteiger partial charge in [-0.2, -0.15) is 0 Å². The first kappa shape index (κ1) is 12.6. The number of nitrogens with one attached hydrogen (secondary N) is 1. The first-order chi connectivity index (χ1) is 8.79. The van der Waals surface area contributed by atoms with Crippen LogP contribution in [0.1, 0.15) is 37.4 Å². The Labute approximate surface area is 109 Å². The molecule has 0 bridgehead atoms. The molecule has 2 nitrogen and oxygen atoms in total. The first-order valence-electron chi connectivity index (χ1n) is 6.53. The van der Waals surface area contributed by atoms with Crippen molar-refractivity contribution in [2.45, 2.75) is 32.7 Å². The molecular formula is C16H20N2. The summed E-state index contributed by atoms with van der Waals surface area (Å²) in [5.74, 6) is 0.634. The van der Waals surface area contributed by atoms with Crippen molar-refractivity contribution in [2.24, 2.45) is 0 Å². The van der Waals surface area contributed by atoms with Gasteiger partial charge in [-0.15, -0.1) is 0 Å². The molecule has 0 saturated heterocycles. The van der Waals surface area contributed by atoms with Crippen LogP contribution in [-0.2, 0) is 6.54 Å². The third kappa shape index (κ3) is 3.33. The Morgan fingerprint density at radius 2 is 1.89 bits per heavy atom. The first-order valence-corrected chi connectivity index (χ1v) is 6.53. The van der Waals surface area contributed by atoms with Crippen LogP contribution in [0.15, 0.2) is 48.7 Å². The summed E-state index contributed by atoms with van der Waals surface area (Å²) in [6, 6.07) is 14.7. The highest BCUT2D eigenvalue weighted by atomic mass is 14.9. The Kier molecular flexibility index (Phi) is 4.35. The molecule has 0 aliphatic rings. The summed E-state index contributed by atoms with van der Waals surface area (Å²) in [5, 5.41) is 3.38. The molecule has 1 N–H and O–H groups in total. The van der Waals surface area contributed by atoms with E-state index in [-0.39, 0.29) is 0 Å². The fourth-order valence-corrected chi connectivity index (χ4v) is 1.86. The molecule has 0 radical (unpaired) electrons. The van der Waals surface area contributed by atoms with Gasteiger partial charge in [-0.3, -0.25) is 4.98 Å². The van der Waals surface area contributed by atoms with Gasteiger partial charge in [0.2, 0.25) is 0 Å². The van der Waals surface area contributed by atoms with Gasteiger partial charge >= 0.3 is 0 Å². The lowest BCUT2D eigenvalue weighted by atomic mass is 9.99. The molecule has 0 saturated carbocycles. The number of rotatable bonds is 5. The molecule has 0 aliphatic carbocycles. The molecular weight excluding hydrogens is 220 g/mol. The molecule has 1 atom stereocenters. The van der Waals surface area contributed by atoms with Gasteiger partial charge in [0.25, 0.3) is 0 Å². The number of pyridine rings is 1. The Bertz CT molecular complexity index is 462. The number of hydrogen-bond acceptors (Lipinski definition) is 2. The van der Waals surface area contributed by atoms with E-state index in [0.717, 1.165) is 17.9 Å². The Balaban J connectivity index is 1.94. The highest BCUT2D eigenvalue weighted by Crippen LogP contribution is 2.20. The monoisotopic (exact) mass is 240 g/mol. The van der Waals surface area contributed by atoms with Gasteiger partial charge in [0, 0.05) is 11.9 Å². The molecule has 94 valence electrons. The smallest absolute Gasteiger partial charge is 0.0594 e. The predicted molar refractivity (Wildman–Crippen MR) is 76.7 cm³/mol. The van der Waals surface area contributed by atoms with Crippen LogP contribution in [0.25, 0.3) is 0 Å². The van der Waals surface area contributed by atoms with Crippen molar-refractivity contribution in [1.29, 1.82) is 0 Å². The molecule has 18 heavy (non-hydrogen) atoms. The lowest BCUT2D eigenvalue weighted by Gasteiger charge is -2.10. The zero-order valence-corrected chi connectivity index (χ0v) is 11.1. The van der Waals surface area contributed by atoms with E-state index < -0.39 is 0 Å². The second-order valence-electron chi connectivity index (χ2n) is 4.61. The Morgan fingerprint density at radius 3 is 2.50 bits per heavy atom. The normalized spacial score (nSPS) is 12.1. The molecule has 1 unspecified atom stereocenters. The summed E-state index contributed by atoms with van der Waals surface area (Å²) in [5.41, 5.74) is 3.61. The van der Waals surface area contributed by atoms with Gasteiger partial charge in [-0.05, 0) is 42.2 Å². The van der Waals surface area contributed by atoms with Gasteiger partial charge in [0.15, 0.2) is 0 Å². The highest BCUT2D eigenvalue weighted by molar-refractivity contribution is 5.45. The van der Waals surface area contributed by atoms with Crippen molar-refractivity contribution in [3.8, 4) is 0 Å². The van der Waals surface area contributed by atoms with E-state index >= 15 is 0 Å². The van der Waals surface area contributed by atoms with E-state index in [1.165, 1.54) is 12.0 Å². The molecule has 0 fully saturated rings. The minimum atomic E-state index is 0.634. The predicted octanol–water partition coefficient (Wildman–Crippen LogP) is 4.21. The fourth-order valence-electron chi connectivity index (χ4n) is 1.86. The maximum Gasteiger partial charge on any atom is 0.0594 e. The molecule has 2 rings (SSSR count). The van der Waals surface area contributed by atoms with E-state index in [9.17, 15) is 0 Å². The second kappa shape index (κ2) is 6.20. The summed E-state index contributed by atoms with van der Waals surface area (Å²) in [6.07, 6.45) is 3.00. The molecule has 1 aromatic heterocycles. The van der Waals surface area contributed by atoms with Crippen LogP contribution in [0.4, 0.5) is 5.69 Å². The van der Waals surface area contributed by atoms with Crippen molar-refractivity contribution in [3.63, 3.8) is 0 Å². The third-order valence-electron chi connectivity index (χ3n) is 3.29. The molecule has 1 heterocycles. The lowest BCUT2D eigenvalue weighted by molar-refractivity contribution is 0.734. The van der Waals surface area contributed by atoms with Crippen molar-refractivity contribution in [3.05, 3.63) is 59.9 Å². The average Bonchev–Trinajstić information content (AvgIpc) is 2.46. The van der Waals surface area contributed by atoms with Gasteiger partial charge < -0.3 is 5.32 Å². The van der Waals surface area contributed by atoms with Crippen LogP contribution in [0.5, 0.6) is 0 Å². The van der Waals surface area contributed by atoms with Gasteiger partial charge in [0.05, 0.1) is 12.2 Å². The summed E-state index contributed by atoms with van der Waals surface area (Å²) < 4.78 is 0. The maximum absolute atomic E-state index is 4.29. The van der Waals surface area contributed by atoms with Crippen LogP contribution < -0.4 is 5.32 Å². The lowest BCUT2D eigenvalue weighted by Crippen LogP contribution is -2.01.